The van der Waals surface area contributed by atoms with Gasteiger partial charge in [-0.05, 0) is 104 Å². The van der Waals surface area contributed by atoms with Gasteiger partial charge in [-0.25, -0.2) is 9.97 Å². The fourth-order valence-electron chi connectivity index (χ4n) is 8.37. The van der Waals surface area contributed by atoms with Crippen LogP contribution >= 0.6 is 0 Å². The second kappa shape index (κ2) is 29.5. The number of carbonyl (C=O) groups excluding carboxylic acids is 1. The van der Waals surface area contributed by atoms with Crippen molar-refractivity contribution in [2.45, 2.75) is 201 Å². The topological polar surface area (TPSA) is 102 Å². The maximum atomic E-state index is 13.3. The van der Waals surface area contributed by atoms with Gasteiger partial charge in [-0.15, -0.1) is 0 Å². The van der Waals surface area contributed by atoms with Crippen molar-refractivity contribution in [3.63, 3.8) is 0 Å². The van der Waals surface area contributed by atoms with E-state index >= 15 is 0 Å². The van der Waals surface area contributed by atoms with Crippen LogP contribution in [0.5, 0.6) is 0 Å². The number of esters is 1. The number of para-hydroxylation sites is 1. The Hall–Kier alpha value is -2.75. The molecule has 0 aliphatic carbocycles. The van der Waals surface area contributed by atoms with Gasteiger partial charge in [0, 0.05) is 11.8 Å². The number of nitrogens with zero attached hydrogens (tertiary/aromatic N) is 5. The van der Waals surface area contributed by atoms with Crippen LogP contribution in [0.4, 0.5) is 5.82 Å². The number of imidazole rings is 1. The first-order valence-corrected chi connectivity index (χ1v) is 24.1. The molecule has 0 fully saturated rings. The highest BCUT2D eigenvalue weighted by Gasteiger charge is 2.27. The Morgan fingerprint density at radius 1 is 0.690 bits per heavy atom. The average Bonchev–Trinajstić information content (AvgIpc) is 3.56. The number of unbranched alkanes of at least 4 members (excludes halogenated alkanes) is 17. The summed E-state index contributed by atoms with van der Waals surface area (Å²) in [5.41, 5.74) is 8.17. The molecule has 0 saturated heterocycles. The van der Waals surface area contributed by atoms with Crippen molar-refractivity contribution in [1.82, 2.24) is 29.7 Å². The summed E-state index contributed by atoms with van der Waals surface area (Å²) < 4.78 is 8.35. The summed E-state index contributed by atoms with van der Waals surface area (Å²) in [5, 5.41) is 4.41. The molecular weight excluding hydrogens is 719 g/mol. The molecule has 0 radical (unpaired) electrons. The zero-order valence-electron chi connectivity index (χ0n) is 38.4. The molecule has 3 aromatic rings. The van der Waals surface area contributed by atoms with Crippen molar-refractivity contribution in [3.05, 3.63) is 30.1 Å². The Bertz CT molecular complexity index is 1520. The second-order valence-corrected chi connectivity index (χ2v) is 17.6. The van der Waals surface area contributed by atoms with Crippen LogP contribution in [-0.4, -0.2) is 81.7 Å². The van der Waals surface area contributed by atoms with Crippen molar-refractivity contribution < 1.29 is 9.53 Å². The van der Waals surface area contributed by atoms with E-state index in [4.69, 9.17) is 15.5 Å². The number of fused-ring (bicyclic) bond motifs is 3. The lowest BCUT2D eigenvalue weighted by molar-refractivity contribution is -0.157. The zero-order chi connectivity index (χ0) is 41.9. The van der Waals surface area contributed by atoms with E-state index in [0.29, 0.717) is 30.8 Å². The van der Waals surface area contributed by atoms with E-state index < -0.39 is 5.60 Å². The van der Waals surface area contributed by atoms with Crippen LogP contribution in [0.3, 0.4) is 0 Å². The Labute approximate surface area is 355 Å². The summed E-state index contributed by atoms with van der Waals surface area (Å²) in [6.07, 6.45) is 28.0. The van der Waals surface area contributed by atoms with Gasteiger partial charge >= 0.3 is 5.97 Å². The first-order valence-electron chi connectivity index (χ1n) is 24.1. The third-order valence-corrected chi connectivity index (χ3v) is 11.8. The minimum atomic E-state index is -0.723. The molecule has 0 amide bonds. The molecule has 1 aromatic carbocycles. The van der Waals surface area contributed by atoms with Crippen molar-refractivity contribution in [1.29, 1.82) is 0 Å². The van der Waals surface area contributed by atoms with Crippen molar-refractivity contribution >= 4 is 33.7 Å². The van der Waals surface area contributed by atoms with Crippen LogP contribution in [-0.2, 0) is 22.6 Å². The van der Waals surface area contributed by atoms with Crippen molar-refractivity contribution in [3.8, 4) is 0 Å². The SMILES string of the molecule is CCCCCCCCCCN(CC)CCCCN(CCCCCCCCCC)CCCCCC(=O)OC(C)(C)Cn1c(CNCC)nc2c(N)nc3ccccc3c21. The first-order chi connectivity index (χ1) is 28.2. The second-order valence-electron chi connectivity index (χ2n) is 17.6. The van der Waals surface area contributed by atoms with Crippen LogP contribution in [0.1, 0.15) is 189 Å². The van der Waals surface area contributed by atoms with Crippen LogP contribution in [0.2, 0.25) is 0 Å². The van der Waals surface area contributed by atoms with E-state index in [9.17, 15) is 4.79 Å². The number of nitrogen functional groups attached to an aromatic ring is 1. The highest BCUT2D eigenvalue weighted by molar-refractivity contribution is 6.06. The molecule has 0 aliphatic heterocycles. The lowest BCUT2D eigenvalue weighted by Gasteiger charge is -2.27. The van der Waals surface area contributed by atoms with E-state index in [-0.39, 0.29) is 5.97 Å². The van der Waals surface area contributed by atoms with Crippen molar-refractivity contribution in [2.75, 3.05) is 51.5 Å². The van der Waals surface area contributed by atoms with E-state index in [2.05, 4.69) is 58.4 Å². The van der Waals surface area contributed by atoms with Crippen molar-refractivity contribution in [2.24, 2.45) is 0 Å². The summed E-state index contributed by atoms with van der Waals surface area (Å²) in [5.74, 6) is 1.16. The number of nitrogens with one attached hydrogen (secondary N) is 1. The normalized spacial score (nSPS) is 12.2. The van der Waals surface area contributed by atoms with E-state index in [0.717, 1.165) is 54.6 Å². The standard InChI is InChI=1S/C49H87N7O2/c1-7-11-13-15-17-19-21-27-35-54(10-4)36-30-31-39-55(37-28-22-20-18-16-14-12-8-2)38-29-23-24-34-45(57)58-49(5,6)41-56-44(40-51-9-3)53-46-47(56)42-32-25-26-33-43(42)52-48(46)50/h25-26,32-33,51H,7-24,27-31,34-41H2,1-6H3,(H2,50,52). The molecule has 330 valence electrons. The lowest BCUT2D eigenvalue weighted by atomic mass is 10.1. The number of aromatic nitrogens is 3. The maximum absolute atomic E-state index is 13.3. The van der Waals surface area contributed by atoms with Gasteiger partial charge in [-0.1, -0.05) is 142 Å². The number of benzene rings is 1. The van der Waals surface area contributed by atoms with Crippen LogP contribution < -0.4 is 11.1 Å². The molecule has 58 heavy (non-hydrogen) atoms. The van der Waals surface area contributed by atoms with Gasteiger partial charge in [-0.3, -0.25) is 4.79 Å². The van der Waals surface area contributed by atoms with E-state index in [1.54, 1.807) is 0 Å². The van der Waals surface area contributed by atoms with Gasteiger partial charge in [-0.2, -0.15) is 0 Å². The predicted molar refractivity (Wildman–Crippen MR) is 248 cm³/mol. The molecule has 0 saturated carbocycles. The molecule has 0 unspecified atom stereocenters. The highest BCUT2D eigenvalue weighted by atomic mass is 16.6. The largest absolute Gasteiger partial charge is 0.458 e. The smallest absolute Gasteiger partial charge is 0.306 e. The Balaban J connectivity index is 1.45. The molecular formula is C49H87N7O2. The number of pyridine rings is 1. The molecule has 3 N–H and O–H groups in total. The number of rotatable bonds is 36. The first kappa shape index (κ1) is 49.6. The monoisotopic (exact) mass is 806 g/mol. The lowest BCUT2D eigenvalue weighted by Crippen LogP contribution is -2.34. The van der Waals surface area contributed by atoms with Gasteiger partial charge in [0.15, 0.2) is 5.82 Å². The molecule has 2 heterocycles. The molecule has 0 aliphatic rings. The molecule has 9 heteroatoms. The Morgan fingerprint density at radius 3 is 1.74 bits per heavy atom. The van der Waals surface area contributed by atoms with Crippen LogP contribution in [0.15, 0.2) is 24.3 Å². The van der Waals surface area contributed by atoms with Gasteiger partial charge in [0.25, 0.3) is 0 Å². The third-order valence-electron chi connectivity index (χ3n) is 11.8. The number of nitrogens with two attached hydrogens (primary N) is 1. The summed E-state index contributed by atoms with van der Waals surface area (Å²) in [6, 6.07) is 8.03. The fraction of sp³-hybridized carbons (Fsp3) is 0.776. The summed E-state index contributed by atoms with van der Waals surface area (Å²) in [7, 11) is 0. The number of hydrogen-bond donors (Lipinski definition) is 2. The fourth-order valence-corrected chi connectivity index (χ4v) is 8.37. The minimum Gasteiger partial charge on any atom is -0.458 e. The number of carbonyl (C=O) groups is 1. The van der Waals surface area contributed by atoms with Gasteiger partial charge < -0.3 is 30.2 Å². The minimum absolute atomic E-state index is 0.128. The van der Waals surface area contributed by atoms with Gasteiger partial charge in [0.1, 0.15) is 16.9 Å². The predicted octanol–water partition coefficient (Wildman–Crippen LogP) is 11.8. The van der Waals surface area contributed by atoms with Gasteiger partial charge in [0.05, 0.1) is 24.1 Å². The molecule has 3 rings (SSSR count). The highest BCUT2D eigenvalue weighted by Crippen LogP contribution is 2.31. The molecule has 2 aromatic heterocycles. The Morgan fingerprint density at radius 2 is 1.19 bits per heavy atom. The number of hydrogen-bond acceptors (Lipinski definition) is 8. The zero-order valence-corrected chi connectivity index (χ0v) is 38.4. The van der Waals surface area contributed by atoms with Crippen LogP contribution in [0, 0.1) is 0 Å². The summed E-state index contributed by atoms with van der Waals surface area (Å²) >= 11 is 0. The van der Waals surface area contributed by atoms with E-state index in [1.807, 2.05) is 32.0 Å². The third kappa shape index (κ3) is 19.1. The summed E-state index contributed by atoms with van der Waals surface area (Å²) in [4.78, 5) is 28.2. The van der Waals surface area contributed by atoms with Crippen LogP contribution in [0.25, 0.3) is 21.9 Å². The van der Waals surface area contributed by atoms with E-state index in [1.165, 1.54) is 148 Å². The maximum Gasteiger partial charge on any atom is 0.306 e. The summed E-state index contributed by atoms with van der Waals surface area (Å²) in [6.45, 7) is 22.1. The Kier molecular flexibility index (Phi) is 25.2. The number of anilines is 1. The molecule has 9 nitrogen and oxygen atoms in total. The quantitative estimate of drug-likeness (QED) is 0.0442. The number of ether oxygens (including phenoxy) is 1. The molecule has 0 spiro atoms. The molecule has 0 bridgehead atoms. The average molecular weight is 806 g/mol. The van der Waals surface area contributed by atoms with Gasteiger partial charge in [0.2, 0.25) is 0 Å². The molecule has 0 atom stereocenters.